The van der Waals surface area contributed by atoms with Gasteiger partial charge in [-0.05, 0) is 62.3 Å². The zero-order valence-corrected chi connectivity index (χ0v) is 25.3. The van der Waals surface area contributed by atoms with Crippen LogP contribution >= 0.6 is 11.6 Å². The van der Waals surface area contributed by atoms with E-state index < -0.39 is 41.5 Å². The zero-order valence-electron chi connectivity index (χ0n) is 24.6. The Morgan fingerprint density at radius 1 is 1.07 bits per heavy atom. The molecule has 234 valence electrons. The molecule has 1 aliphatic heterocycles. The number of piperidine rings is 1. The first-order chi connectivity index (χ1) is 20.6. The number of ether oxygens (including phenoxy) is 2. The summed E-state index contributed by atoms with van der Waals surface area (Å²) in [4.78, 5) is 53.0. The van der Waals surface area contributed by atoms with Gasteiger partial charge in [-0.1, -0.05) is 54.1 Å². The van der Waals surface area contributed by atoms with Crippen molar-refractivity contribution in [3.05, 3.63) is 70.7 Å². The molecule has 1 aliphatic rings. The van der Waals surface area contributed by atoms with Crippen LogP contribution in [-0.4, -0.2) is 84.9 Å². The summed E-state index contributed by atoms with van der Waals surface area (Å²) in [6.07, 6.45) is 0.0669. The third-order valence-electron chi connectivity index (χ3n) is 7.51. The molecule has 0 spiro atoms. The van der Waals surface area contributed by atoms with Crippen molar-refractivity contribution in [1.29, 1.82) is 0 Å². The summed E-state index contributed by atoms with van der Waals surface area (Å²) < 4.78 is 9.94. The van der Waals surface area contributed by atoms with E-state index in [4.69, 9.17) is 26.8 Å². The van der Waals surface area contributed by atoms with Gasteiger partial charge in [0.2, 0.25) is 11.8 Å². The average molecular weight is 617 g/mol. The minimum Gasteiger partial charge on any atom is -0.437 e. The molecule has 12 heteroatoms. The van der Waals surface area contributed by atoms with E-state index in [1.54, 1.807) is 17.0 Å². The largest absolute Gasteiger partial charge is 0.437 e. The predicted octanol–water partition coefficient (Wildman–Crippen LogP) is 2.22. The van der Waals surface area contributed by atoms with Crippen molar-refractivity contribution in [2.45, 2.75) is 56.7 Å². The van der Waals surface area contributed by atoms with E-state index >= 15 is 0 Å². The summed E-state index contributed by atoms with van der Waals surface area (Å²) >= 11 is 6.11. The fourth-order valence-corrected chi connectivity index (χ4v) is 5.57. The number of benzene rings is 2. The second-order valence-corrected chi connectivity index (χ2v) is 11.4. The Hall–Kier alpha value is -3.67. The standard InChI is InChI=1S/C31H41ClN4O7/c1-21(43-30(33)41)27(38)34-26(19-42-2)28(39)35-31(18-23-9-11-25(32)12-10-23)14-6-15-36(20-31)29(40)24(13-16-37)17-22-7-4-3-5-8-22/h3-5,7-12,21,24,26,37H,6,13-20H2,1-2H3,(H2,33,41)(H,34,38)(H,35,39). The highest BCUT2D eigenvalue weighted by Crippen LogP contribution is 2.29. The lowest BCUT2D eigenvalue weighted by atomic mass is 9.82. The number of carbonyl (C=O) groups excluding carboxylic acids is 4. The van der Waals surface area contributed by atoms with Crippen molar-refractivity contribution in [1.82, 2.24) is 15.5 Å². The minimum absolute atomic E-state index is 0.0912. The molecule has 0 radical (unpaired) electrons. The number of primary amides is 1. The number of amides is 4. The summed E-state index contributed by atoms with van der Waals surface area (Å²) in [7, 11) is 1.40. The second-order valence-electron chi connectivity index (χ2n) is 10.9. The molecule has 0 aliphatic carbocycles. The van der Waals surface area contributed by atoms with Gasteiger partial charge in [0.15, 0.2) is 6.10 Å². The minimum atomic E-state index is -1.22. The van der Waals surface area contributed by atoms with Crippen molar-refractivity contribution in [2.75, 3.05) is 33.4 Å². The van der Waals surface area contributed by atoms with Gasteiger partial charge in [0.25, 0.3) is 5.91 Å². The molecule has 1 saturated heterocycles. The number of nitrogens with one attached hydrogen (secondary N) is 2. The van der Waals surface area contributed by atoms with Crippen LogP contribution in [0.1, 0.15) is 37.3 Å². The molecule has 5 N–H and O–H groups in total. The molecular formula is C31H41ClN4O7. The quantitative estimate of drug-likeness (QED) is 0.253. The SMILES string of the molecule is COCC(NC(=O)C(C)OC(N)=O)C(=O)NC1(Cc2ccc(Cl)cc2)CCCN(C(=O)C(CCO)Cc2ccccc2)C1. The van der Waals surface area contributed by atoms with Crippen molar-refractivity contribution in [3.8, 4) is 0 Å². The Bertz CT molecular complexity index is 1230. The molecule has 0 bridgehead atoms. The maximum atomic E-state index is 13.9. The topological polar surface area (TPSA) is 160 Å². The van der Waals surface area contributed by atoms with Crippen molar-refractivity contribution < 1.29 is 33.8 Å². The maximum Gasteiger partial charge on any atom is 0.405 e. The number of likely N-dealkylation sites (tertiary alicyclic amines) is 1. The van der Waals surface area contributed by atoms with Gasteiger partial charge >= 0.3 is 6.09 Å². The molecule has 2 aromatic rings. The molecule has 4 atom stereocenters. The van der Waals surface area contributed by atoms with Crippen LogP contribution in [0, 0.1) is 5.92 Å². The first-order valence-corrected chi connectivity index (χ1v) is 14.7. The van der Waals surface area contributed by atoms with Crippen LogP contribution in [-0.2, 0) is 36.7 Å². The lowest BCUT2D eigenvalue weighted by Crippen LogP contribution is -2.64. The normalized spacial score (nSPS) is 18.7. The monoisotopic (exact) mass is 616 g/mol. The van der Waals surface area contributed by atoms with Crippen molar-refractivity contribution >= 4 is 35.4 Å². The van der Waals surface area contributed by atoms with Crippen molar-refractivity contribution in [2.24, 2.45) is 11.7 Å². The fourth-order valence-electron chi connectivity index (χ4n) is 5.44. The van der Waals surface area contributed by atoms with Gasteiger partial charge in [-0.2, -0.15) is 0 Å². The third-order valence-corrected chi connectivity index (χ3v) is 7.76. The molecule has 3 rings (SSSR count). The smallest absolute Gasteiger partial charge is 0.405 e. The number of hydrogen-bond acceptors (Lipinski definition) is 7. The van der Waals surface area contributed by atoms with E-state index in [-0.39, 0.29) is 25.7 Å². The van der Waals surface area contributed by atoms with Gasteiger partial charge in [-0.25, -0.2) is 4.79 Å². The zero-order chi connectivity index (χ0) is 31.4. The Labute approximate surface area is 257 Å². The lowest BCUT2D eigenvalue weighted by Gasteiger charge is -2.45. The number of rotatable bonds is 14. The van der Waals surface area contributed by atoms with E-state index in [9.17, 15) is 24.3 Å². The first-order valence-electron chi connectivity index (χ1n) is 14.3. The molecule has 0 aromatic heterocycles. The van der Waals surface area contributed by atoms with Gasteiger partial charge in [-0.3, -0.25) is 14.4 Å². The second kappa shape index (κ2) is 16.3. The molecule has 43 heavy (non-hydrogen) atoms. The van der Waals surface area contributed by atoms with E-state index in [0.29, 0.717) is 43.7 Å². The van der Waals surface area contributed by atoms with Gasteiger partial charge < -0.3 is 35.8 Å². The highest BCUT2D eigenvalue weighted by molar-refractivity contribution is 6.30. The van der Waals surface area contributed by atoms with Gasteiger partial charge in [0, 0.05) is 37.7 Å². The number of nitrogens with zero attached hydrogens (tertiary/aromatic N) is 1. The Kier molecular flexibility index (Phi) is 12.8. The molecule has 4 amide bonds. The molecular weight excluding hydrogens is 576 g/mol. The number of methoxy groups -OCH3 is 1. The highest BCUT2D eigenvalue weighted by Gasteiger charge is 2.41. The molecule has 1 fully saturated rings. The van der Waals surface area contributed by atoms with Crippen LogP contribution in [0.2, 0.25) is 5.02 Å². The molecule has 0 saturated carbocycles. The van der Waals surface area contributed by atoms with Crippen LogP contribution in [0.5, 0.6) is 0 Å². The van der Waals surface area contributed by atoms with Crippen molar-refractivity contribution in [3.63, 3.8) is 0 Å². The molecule has 1 heterocycles. The lowest BCUT2D eigenvalue weighted by molar-refractivity contribution is -0.140. The summed E-state index contributed by atoms with van der Waals surface area (Å²) in [5.41, 5.74) is 6.06. The number of aliphatic hydroxyl groups excluding tert-OH is 1. The van der Waals surface area contributed by atoms with Crippen LogP contribution in [0.3, 0.4) is 0 Å². The van der Waals surface area contributed by atoms with Gasteiger partial charge in [-0.15, -0.1) is 0 Å². The van der Waals surface area contributed by atoms with Crippen LogP contribution in [0.15, 0.2) is 54.6 Å². The Morgan fingerprint density at radius 3 is 2.40 bits per heavy atom. The number of hydrogen-bond donors (Lipinski definition) is 4. The molecule has 2 aromatic carbocycles. The third kappa shape index (κ3) is 10.2. The molecule has 11 nitrogen and oxygen atoms in total. The maximum absolute atomic E-state index is 13.9. The van der Waals surface area contributed by atoms with Gasteiger partial charge in [0.1, 0.15) is 6.04 Å². The number of nitrogens with two attached hydrogens (primary N) is 1. The summed E-state index contributed by atoms with van der Waals surface area (Å²) in [5, 5.41) is 16.0. The summed E-state index contributed by atoms with van der Waals surface area (Å²) in [5.74, 6) is -1.75. The van der Waals surface area contributed by atoms with E-state index in [1.807, 2.05) is 42.5 Å². The van der Waals surface area contributed by atoms with E-state index in [0.717, 1.165) is 11.1 Å². The van der Waals surface area contributed by atoms with Crippen LogP contribution in [0.25, 0.3) is 0 Å². The summed E-state index contributed by atoms with van der Waals surface area (Å²) in [6.45, 7) is 1.81. The Balaban J connectivity index is 1.86. The predicted molar refractivity (Wildman–Crippen MR) is 161 cm³/mol. The number of aliphatic hydroxyl groups is 1. The average Bonchev–Trinajstić information content (AvgIpc) is 2.97. The highest BCUT2D eigenvalue weighted by atomic mass is 35.5. The van der Waals surface area contributed by atoms with Crippen LogP contribution in [0.4, 0.5) is 4.79 Å². The van der Waals surface area contributed by atoms with Crippen LogP contribution < -0.4 is 16.4 Å². The number of carbonyl (C=O) groups is 4. The fraction of sp³-hybridized carbons (Fsp3) is 0.484. The summed E-state index contributed by atoms with van der Waals surface area (Å²) in [6, 6.07) is 15.8. The Morgan fingerprint density at radius 2 is 1.77 bits per heavy atom. The van der Waals surface area contributed by atoms with Gasteiger partial charge in [0.05, 0.1) is 12.1 Å². The van der Waals surface area contributed by atoms with E-state index in [1.165, 1.54) is 14.0 Å². The van der Waals surface area contributed by atoms with E-state index in [2.05, 4.69) is 10.6 Å². The number of halogens is 1. The molecule has 4 unspecified atom stereocenters. The first kappa shape index (κ1) is 33.8.